The summed E-state index contributed by atoms with van der Waals surface area (Å²) >= 11 is 1.85. The second kappa shape index (κ2) is 5.96. The van der Waals surface area contributed by atoms with Gasteiger partial charge in [0.05, 0.1) is 5.01 Å². The first-order valence-electron chi connectivity index (χ1n) is 6.92. The van der Waals surface area contributed by atoms with E-state index in [9.17, 15) is 0 Å². The maximum Gasteiger partial charge on any atom is 0.0925 e. The van der Waals surface area contributed by atoms with Crippen molar-refractivity contribution in [1.82, 2.24) is 10.3 Å². The molecule has 1 fully saturated rings. The van der Waals surface area contributed by atoms with Gasteiger partial charge >= 0.3 is 0 Å². The third-order valence-electron chi connectivity index (χ3n) is 4.12. The van der Waals surface area contributed by atoms with Crippen LogP contribution < -0.4 is 5.32 Å². The minimum atomic E-state index is 0.596. The molecule has 1 aromatic rings. The van der Waals surface area contributed by atoms with E-state index in [0.29, 0.717) is 5.41 Å². The van der Waals surface area contributed by atoms with Crippen LogP contribution in [0.3, 0.4) is 0 Å². The predicted octanol–water partition coefficient (Wildman–Crippen LogP) is 3.77. The van der Waals surface area contributed by atoms with Gasteiger partial charge in [0.25, 0.3) is 0 Å². The highest BCUT2D eigenvalue weighted by atomic mass is 32.1. The van der Waals surface area contributed by atoms with Gasteiger partial charge in [-0.15, -0.1) is 11.3 Å². The zero-order valence-electron chi connectivity index (χ0n) is 11.1. The second-order valence-electron chi connectivity index (χ2n) is 5.24. The standard InChI is InChI=1S/C14H24N2S/c1-3-13-16-10-12(17-13)9-15-11-14(4-2)7-5-6-8-14/h10,15H,3-9,11H2,1-2H3. The third-order valence-corrected chi connectivity index (χ3v) is 5.26. The summed E-state index contributed by atoms with van der Waals surface area (Å²) in [5.74, 6) is 0. The molecule has 1 N–H and O–H groups in total. The van der Waals surface area contributed by atoms with Crippen molar-refractivity contribution in [3.63, 3.8) is 0 Å². The Morgan fingerprint density at radius 2 is 2.12 bits per heavy atom. The van der Waals surface area contributed by atoms with Crippen molar-refractivity contribution in [3.05, 3.63) is 16.1 Å². The average molecular weight is 252 g/mol. The Morgan fingerprint density at radius 3 is 2.71 bits per heavy atom. The molecular formula is C14H24N2S. The number of hydrogen-bond acceptors (Lipinski definition) is 3. The summed E-state index contributed by atoms with van der Waals surface area (Å²) in [7, 11) is 0. The number of nitrogens with zero attached hydrogens (tertiary/aromatic N) is 1. The number of nitrogens with one attached hydrogen (secondary N) is 1. The van der Waals surface area contributed by atoms with E-state index in [1.54, 1.807) is 0 Å². The van der Waals surface area contributed by atoms with Gasteiger partial charge in [0.15, 0.2) is 0 Å². The Bertz CT molecular complexity index is 340. The van der Waals surface area contributed by atoms with E-state index in [1.807, 2.05) is 17.5 Å². The number of hydrogen-bond donors (Lipinski definition) is 1. The molecule has 96 valence electrons. The van der Waals surface area contributed by atoms with Crippen LogP contribution >= 0.6 is 11.3 Å². The van der Waals surface area contributed by atoms with Crippen molar-refractivity contribution >= 4 is 11.3 Å². The number of aromatic nitrogens is 1. The lowest BCUT2D eigenvalue weighted by Crippen LogP contribution is -2.31. The van der Waals surface area contributed by atoms with Crippen molar-refractivity contribution < 1.29 is 0 Å². The third kappa shape index (κ3) is 3.29. The summed E-state index contributed by atoms with van der Waals surface area (Å²) in [5.41, 5.74) is 0.596. The maximum absolute atomic E-state index is 4.40. The Kier molecular flexibility index (Phi) is 4.57. The molecule has 1 aromatic heterocycles. The molecule has 1 saturated carbocycles. The van der Waals surface area contributed by atoms with Crippen molar-refractivity contribution in [2.45, 2.75) is 58.9 Å². The first-order chi connectivity index (χ1) is 8.28. The molecule has 0 unspecified atom stereocenters. The van der Waals surface area contributed by atoms with E-state index in [2.05, 4.69) is 24.1 Å². The largest absolute Gasteiger partial charge is 0.311 e. The summed E-state index contributed by atoms with van der Waals surface area (Å²) in [4.78, 5) is 5.78. The fourth-order valence-corrected chi connectivity index (χ4v) is 3.66. The highest BCUT2D eigenvalue weighted by Gasteiger charge is 2.31. The Balaban J connectivity index is 1.78. The van der Waals surface area contributed by atoms with E-state index >= 15 is 0 Å². The molecule has 0 aliphatic heterocycles. The minimum absolute atomic E-state index is 0.596. The molecule has 2 nitrogen and oxygen atoms in total. The van der Waals surface area contributed by atoms with Crippen molar-refractivity contribution in [2.24, 2.45) is 5.41 Å². The van der Waals surface area contributed by atoms with Crippen LogP contribution in [-0.4, -0.2) is 11.5 Å². The van der Waals surface area contributed by atoms with Crippen molar-refractivity contribution in [2.75, 3.05) is 6.54 Å². The van der Waals surface area contributed by atoms with Crippen LogP contribution in [0.25, 0.3) is 0 Å². The highest BCUT2D eigenvalue weighted by molar-refractivity contribution is 7.11. The summed E-state index contributed by atoms with van der Waals surface area (Å²) in [5, 5.41) is 4.90. The topological polar surface area (TPSA) is 24.9 Å². The maximum atomic E-state index is 4.40. The molecule has 0 amide bonds. The van der Waals surface area contributed by atoms with Crippen LogP contribution in [0.2, 0.25) is 0 Å². The monoisotopic (exact) mass is 252 g/mol. The first kappa shape index (κ1) is 13.0. The summed E-state index contributed by atoms with van der Waals surface area (Å²) in [6.07, 6.45) is 10.1. The average Bonchev–Trinajstić information content (AvgIpc) is 2.98. The fourth-order valence-electron chi connectivity index (χ4n) is 2.82. The van der Waals surface area contributed by atoms with E-state index in [4.69, 9.17) is 0 Å². The summed E-state index contributed by atoms with van der Waals surface area (Å²) in [6.45, 7) is 6.69. The molecule has 0 aromatic carbocycles. The van der Waals surface area contributed by atoms with Gasteiger partial charge < -0.3 is 5.32 Å². The number of thiazole rings is 1. The first-order valence-corrected chi connectivity index (χ1v) is 7.74. The van der Waals surface area contributed by atoms with Crippen LogP contribution in [0.15, 0.2) is 6.20 Å². The molecule has 0 bridgehead atoms. The molecule has 0 spiro atoms. The molecule has 3 heteroatoms. The fraction of sp³-hybridized carbons (Fsp3) is 0.786. The smallest absolute Gasteiger partial charge is 0.0925 e. The molecule has 2 rings (SSSR count). The minimum Gasteiger partial charge on any atom is -0.311 e. The number of rotatable bonds is 6. The lowest BCUT2D eigenvalue weighted by Gasteiger charge is -2.27. The van der Waals surface area contributed by atoms with Crippen LogP contribution in [0.4, 0.5) is 0 Å². The van der Waals surface area contributed by atoms with E-state index in [-0.39, 0.29) is 0 Å². The van der Waals surface area contributed by atoms with Gasteiger partial charge in [-0.1, -0.05) is 26.7 Å². The zero-order chi connectivity index (χ0) is 12.1. The Morgan fingerprint density at radius 1 is 1.35 bits per heavy atom. The van der Waals surface area contributed by atoms with E-state index < -0.39 is 0 Å². The molecule has 0 atom stereocenters. The van der Waals surface area contributed by atoms with Crippen LogP contribution in [0.1, 0.15) is 55.8 Å². The van der Waals surface area contributed by atoms with E-state index in [1.165, 1.54) is 48.5 Å². The predicted molar refractivity (Wildman–Crippen MR) is 74.4 cm³/mol. The van der Waals surface area contributed by atoms with Crippen LogP contribution in [-0.2, 0) is 13.0 Å². The molecule has 0 saturated heterocycles. The van der Waals surface area contributed by atoms with Gasteiger partial charge in [-0.3, -0.25) is 0 Å². The van der Waals surface area contributed by atoms with Gasteiger partial charge in [0, 0.05) is 24.2 Å². The summed E-state index contributed by atoms with van der Waals surface area (Å²) < 4.78 is 0. The second-order valence-corrected chi connectivity index (χ2v) is 6.44. The highest BCUT2D eigenvalue weighted by Crippen LogP contribution is 2.40. The molecule has 1 aliphatic rings. The lowest BCUT2D eigenvalue weighted by atomic mass is 9.83. The SMILES string of the molecule is CCc1ncc(CNCC2(CC)CCCC2)s1. The van der Waals surface area contributed by atoms with Gasteiger partial charge in [0.2, 0.25) is 0 Å². The van der Waals surface area contributed by atoms with Crippen LogP contribution in [0, 0.1) is 5.41 Å². The quantitative estimate of drug-likeness (QED) is 0.833. The van der Waals surface area contributed by atoms with Crippen LogP contribution in [0.5, 0.6) is 0 Å². The molecule has 0 radical (unpaired) electrons. The zero-order valence-corrected chi connectivity index (χ0v) is 11.9. The van der Waals surface area contributed by atoms with Gasteiger partial charge in [-0.2, -0.15) is 0 Å². The number of aryl methyl sites for hydroxylation is 1. The lowest BCUT2D eigenvalue weighted by molar-refractivity contribution is 0.268. The van der Waals surface area contributed by atoms with Gasteiger partial charge in [-0.05, 0) is 31.1 Å². The molecule has 1 heterocycles. The van der Waals surface area contributed by atoms with Crippen molar-refractivity contribution in [1.29, 1.82) is 0 Å². The molecular weight excluding hydrogens is 228 g/mol. The van der Waals surface area contributed by atoms with Crippen molar-refractivity contribution in [3.8, 4) is 0 Å². The summed E-state index contributed by atoms with van der Waals surface area (Å²) in [6, 6.07) is 0. The van der Waals surface area contributed by atoms with E-state index in [0.717, 1.165) is 13.0 Å². The van der Waals surface area contributed by atoms with Gasteiger partial charge in [-0.25, -0.2) is 4.98 Å². The Labute approximate surface area is 109 Å². The molecule has 1 aliphatic carbocycles. The van der Waals surface area contributed by atoms with Gasteiger partial charge in [0.1, 0.15) is 0 Å². The molecule has 17 heavy (non-hydrogen) atoms. The Hall–Kier alpha value is -0.410. The normalized spacial score (nSPS) is 18.7.